The fourth-order valence-electron chi connectivity index (χ4n) is 11.8. The number of hydrogen-bond donors (Lipinski definition) is 0. The number of para-hydroxylation sites is 4. The van der Waals surface area contributed by atoms with Gasteiger partial charge in [-0.3, -0.25) is 0 Å². The molecule has 0 saturated heterocycles. The maximum absolute atomic E-state index is 7.32. The number of fused-ring (bicyclic) bond motifs is 16. The highest BCUT2D eigenvalue weighted by molar-refractivity contribution is 6.15. The van der Waals surface area contributed by atoms with E-state index in [0.29, 0.717) is 0 Å². The van der Waals surface area contributed by atoms with Gasteiger partial charge in [0.05, 0.1) is 16.8 Å². The molecule has 1 spiro atoms. The van der Waals surface area contributed by atoms with Crippen molar-refractivity contribution < 1.29 is 13.6 Å². The van der Waals surface area contributed by atoms with Gasteiger partial charge in [-0.25, -0.2) is 0 Å². The molecule has 1 aliphatic carbocycles. The molecule has 0 bridgehead atoms. The first-order chi connectivity index (χ1) is 34.2. The molecular formula is C65H39NO3. The van der Waals surface area contributed by atoms with Crippen molar-refractivity contribution in [3.05, 3.63) is 259 Å². The fourth-order valence-corrected chi connectivity index (χ4v) is 11.8. The summed E-state index contributed by atoms with van der Waals surface area (Å²) in [5.41, 5.74) is 17.1. The average Bonchev–Trinajstić information content (AvgIpc) is 4.08. The van der Waals surface area contributed by atoms with Crippen LogP contribution in [-0.2, 0) is 5.41 Å². The second kappa shape index (κ2) is 14.4. The zero-order chi connectivity index (χ0) is 45.2. The first-order valence-electron chi connectivity index (χ1n) is 23.6. The van der Waals surface area contributed by atoms with E-state index < -0.39 is 5.41 Å². The Hall–Kier alpha value is -9.12. The van der Waals surface area contributed by atoms with Crippen molar-refractivity contribution in [2.24, 2.45) is 0 Å². The van der Waals surface area contributed by atoms with Crippen LogP contribution in [0.2, 0.25) is 0 Å². The van der Waals surface area contributed by atoms with Crippen LogP contribution in [0.5, 0.6) is 11.5 Å². The van der Waals surface area contributed by atoms with Crippen molar-refractivity contribution in [2.45, 2.75) is 5.41 Å². The third-order valence-corrected chi connectivity index (χ3v) is 14.7. The van der Waals surface area contributed by atoms with E-state index in [-0.39, 0.29) is 0 Å². The number of benzene rings is 11. The summed E-state index contributed by atoms with van der Waals surface area (Å²) in [6.45, 7) is 0. The van der Waals surface area contributed by atoms with Crippen LogP contribution in [0.1, 0.15) is 22.3 Å². The molecule has 322 valence electrons. The predicted octanol–water partition coefficient (Wildman–Crippen LogP) is 17.9. The zero-order valence-corrected chi connectivity index (χ0v) is 37.2. The molecule has 0 N–H and O–H groups in total. The van der Waals surface area contributed by atoms with Crippen molar-refractivity contribution in [3.63, 3.8) is 0 Å². The summed E-state index contributed by atoms with van der Waals surface area (Å²) in [7, 11) is 0. The molecule has 2 aliphatic rings. The predicted molar refractivity (Wildman–Crippen MR) is 281 cm³/mol. The van der Waals surface area contributed by atoms with Gasteiger partial charge in [-0.1, -0.05) is 176 Å². The van der Waals surface area contributed by atoms with E-state index in [2.05, 4.69) is 229 Å². The number of nitrogens with zero attached hydrogens (tertiary/aromatic N) is 1. The lowest BCUT2D eigenvalue weighted by atomic mass is 9.66. The number of ether oxygens (including phenoxy) is 1. The number of furan rings is 2. The molecular weight excluding hydrogens is 843 g/mol. The molecule has 0 atom stereocenters. The first-order valence-corrected chi connectivity index (χ1v) is 23.6. The van der Waals surface area contributed by atoms with E-state index in [1.165, 1.54) is 38.6 Å². The van der Waals surface area contributed by atoms with Gasteiger partial charge in [-0.2, -0.15) is 0 Å². The summed E-state index contributed by atoms with van der Waals surface area (Å²) in [6.07, 6.45) is 0. The Bertz CT molecular complexity index is 4220. The quantitative estimate of drug-likeness (QED) is 0.173. The van der Waals surface area contributed by atoms with E-state index in [9.17, 15) is 0 Å². The Kier molecular flexibility index (Phi) is 7.96. The summed E-state index contributed by atoms with van der Waals surface area (Å²) in [4.78, 5) is 2.33. The highest BCUT2D eigenvalue weighted by Gasteiger charge is 2.51. The molecule has 3 heterocycles. The van der Waals surface area contributed by atoms with Crippen LogP contribution in [0.4, 0.5) is 17.1 Å². The second-order valence-corrected chi connectivity index (χ2v) is 18.3. The summed E-state index contributed by atoms with van der Waals surface area (Å²) in [5, 5.41) is 6.64. The van der Waals surface area contributed by atoms with Crippen molar-refractivity contribution in [1.82, 2.24) is 0 Å². The summed E-state index contributed by atoms with van der Waals surface area (Å²) >= 11 is 0. The van der Waals surface area contributed by atoms with Gasteiger partial charge in [-0.15, -0.1) is 0 Å². The van der Waals surface area contributed by atoms with Crippen LogP contribution in [0.25, 0.3) is 88.0 Å². The molecule has 13 aromatic rings. The molecule has 15 rings (SSSR count). The molecule has 11 aromatic carbocycles. The van der Waals surface area contributed by atoms with Crippen LogP contribution in [0.15, 0.2) is 245 Å². The molecule has 2 aromatic heterocycles. The molecule has 4 nitrogen and oxygen atoms in total. The monoisotopic (exact) mass is 881 g/mol. The molecule has 1 aliphatic heterocycles. The van der Waals surface area contributed by atoms with Crippen LogP contribution >= 0.6 is 0 Å². The Morgan fingerprint density at radius 2 is 0.971 bits per heavy atom. The Morgan fingerprint density at radius 1 is 0.348 bits per heavy atom. The minimum absolute atomic E-state index is 0.634. The van der Waals surface area contributed by atoms with Crippen LogP contribution in [0.3, 0.4) is 0 Å². The van der Waals surface area contributed by atoms with Gasteiger partial charge in [0, 0.05) is 38.4 Å². The third-order valence-electron chi connectivity index (χ3n) is 14.7. The van der Waals surface area contributed by atoms with Crippen LogP contribution < -0.4 is 9.64 Å². The largest absolute Gasteiger partial charge is 0.456 e. The van der Waals surface area contributed by atoms with Crippen molar-refractivity contribution in [3.8, 4) is 44.9 Å². The normalized spacial score (nSPS) is 13.2. The highest BCUT2D eigenvalue weighted by atomic mass is 16.5. The van der Waals surface area contributed by atoms with Gasteiger partial charge in [0.2, 0.25) is 0 Å². The average molecular weight is 882 g/mol. The molecule has 0 amide bonds. The topological polar surface area (TPSA) is 38.8 Å². The fraction of sp³-hybridized carbons (Fsp3) is 0.0154. The van der Waals surface area contributed by atoms with Crippen LogP contribution in [-0.4, -0.2) is 0 Å². The van der Waals surface area contributed by atoms with E-state index in [4.69, 9.17) is 13.6 Å². The molecule has 0 fully saturated rings. The molecule has 0 unspecified atom stereocenters. The van der Waals surface area contributed by atoms with Gasteiger partial charge >= 0.3 is 0 Å². The minimum Gasteiger partial charge on any atom is -0.456 e. The lowest BCUT2D eigenvalue weighted by molar-refractivity contribution is 0.437. The first kappa shape index (κ1) is 38.0. The van der Waals surface area contributed by atoms with E-state index in [0.717, 1.165) is 100 Å². The summed E-state index contributed by atoms with van der Waals surface area (Å²) < 4.78 is 20.9. The van der Waals surface area contributed by atoms with Crippen molar-refractivity contribution in [1.29, 1.82) is 0 Å². The third kappa shape index (κ3) is 5.40. The maximum Gasteiger partial charge on any atom is 0.159 e. The molecule has 0 saturated carbocycles. The van der Waals surface area contributed by atoms with Crippen molar-refractivity contribution in [2.75, 3.05) is 4.90 Å². The van der Waals surface area contributed by atoms with Crippen LogP contribution in [0, 0.1) is 0 Å². The lowest BCUT2D eigenvalue weighted by Gasteiger charge is -2.41. The molecule has 4 heteroatoms. The minimum atomic E-state index is -0.634. The summed E-state index contributed by atoms with van der Waals surface area (Å²) in [5.74, 6) is 1.62. The van der Waals surface area contributed by atoms with E-state index >= 15 is 0 Å². The standard InChI is InChI=1S/C65H39NO3/c1-2-16-41-37-43(34-33-40(41)15-1)42-17-11-18-44(38-42)46-22-13-32-61-62(46)51-39-45(35-36-59(51)67-61)66(56-28-12-23-50-49-21-5-9-30-58(49)68-63(50)56)57-29-14-27-55-64(57)69-60-31-10-8-26-54(60)65(55)52-24-6-3-19-47(52)48-20-4-7-25-53(48)65/h1-39H. The lowest BCUT2D eigenvalue weighted by Crippen LogP contribution is -2.32. The van der Waals surface area contributed by atoms with Gasteiger partial charge in [0.25, 0.3) is 0 Å². The highest BCUT2D eigenvalue weighted by Crippen LogP contribution is 2.64. The Labute approximate surface area is 397 Å². The SMILES string of the molecule is c1cc(-c2ccc3ccccc3c2)cc(-c2cccc3oc4ccc(N(c5cccc6c5Oc5ccccc5C65c6ccccc6-c6ccccc65)c5cccc6c5oc5ccccc56)cc4c23)c1. The summed E-state index contributed by atoms with van der Waals surface area (Å²) in [6, 6.07) is 84.8. The number of anilines is 3. The number of rotatable bonds is 5. The van der Waals surface area contributed by atoms with Gasteiger partial charge in [-0.05, 0) is 116 Å². The zero-order valence-electron chi connectivity index (χ0n) is 37.2. The number of hydrogen-bond acceptors (Lipinski definition) is 4. The molecule has 69 heavy (non-hydrogen) atoms. The van der Waals surface area contributed by atoms with Gasteiger partial charge < -0.3 is 18.5 Å². The maximum atomic E-state index is 7.32. The Balaban J connectivity index is 0.982. The second-order valence-electron chi connectivity index (χ2n) is 18.3. The molecule has 0 radical (unpaired) electrons. The smallest absolute Gasteiger partial charge is 0.159 e. The van der Waals surface area contributed by atoms with E-state index in [1.807, 2.05) is 12.1 Å². The van der Waals surface area contributed by atoms with Gasteiger partial charge in [0.1, 0.15) is 22.5 Å². The van der Waals surface area contributed by atoms with Gasteiger partial charge in [0.15, 0.2) is 11.3 Å². The Morgan fingerprint density at radius 3 is 1.86 bits per heavy atom. The van der Waals surface area contributed by atoms with Crippen molar-refractivity contribution >= 4 is 71.7 Å². The van der Waals surface area contributed by atoms with E-state index in [1.54, 1.807) is 0 Å².